The highest BCUT2D eigenvalue weighted by Gasteiger charge is 2.34. The standard InChI is InChI=1S/C35H32Cl2N2O8S/c1-5-44-28-17-23(10-14-27(28)47-19-30(40)43-4)32-31(34(42)45-6-2)20(3)38-35-39(32)33(41)29(48-35)16-21-7-11-24(12-8-21)46-18-22-9-13-25(36)26(37)15-22/h7-17,32H,5-6,18-19H2,1-4H3/b29-16-/t32-/m1/s1. The Kier molecular flexibility index (Phi) is 11.3. The highest BCUT2D eigenvalue weighted by Crippen LogP contribution is 2.36. The smallest absolute Gasteiger partial charge is 0.343 e. The monoisotopic (exact) mass is 710 g/mol. The van der Waals surface area contributed by atoms with E-state index in [0.29, 0.717) is 61.1 Å². The van der Waals surface area contributed by atoms with Crippen LogP contribution in [0.3, 0.4) is 0 Å². The van der Waals surface area contributed by atoms with Crippen molar-refractivity contribution in [3.05, 3.63) is 118 Å². The van der Waals surface area contributed by atoms with Crippen molar-refractivity contribution in [2.75, 3.05) is 26.9 Å². The number of hydrogen-bond acceptors (Lipinski definition) is 10. The topological polar surface area (TPSA) is 115 Å². The van der Waals surface area contributed by atoms with Gasteiger partial charge in [-0.1, -0.05) is 58.8 Å². The molecule has 48 heavy (non-hydrogen) atoms. The number of halogens is 2. The van der Waals surface area contributed by atoms with Crippen LogP contribution in [0.25, 0.3) is 6.08 Å². The molecule has 1 aromatic heterocycles. The largest absolute Gasteiger partial charge is 0.490 e. The second-order valence-electron chi connectivity index (χ2n) is 10.4. The summed E-state index contributed by atoms with van der Waals surface area (Å²) in [5.41, 5.74) is 2.53. The van der Waals surface area contributed by atoms with Gasteiger partial charge in [0, 0.05) is 0 Å². The number of benzene rings is 3. The molecule has 0 aliphatic carbocycles. The number of aromatic nitrogens is 1. The molecule has 0 saturated heterocycles. The molecule has 13 heteroatoms. The molecule has 0 unspecified atom stereocenters. The summed E-state index contributed by atoms with van der Waals surface area (Å²) in [7, 11) is 1.27. The van der Waals surface area contributed by atoms with E-state index in [1.807, 2.05) is 37.3 Å². The van der Waals surface area contributed by atoms with Gasteiger partial charge in [-0.2, -0.15) is 0 Å². The lowest BCUT2D eigenvalue weighted by Crippen LogP contribution is -2.40. The molecule has 5 rings (SSSR count). The molecule has 1 atom stereocenters. The summed E-state index contributed by atoms with van der Waals surface area (Å²) in [5.74, 6) is 0.140. The number of methoxy groups -OCH3 is 1. The molecule has 2 heterocycles. The maximum absolute atomic E-state index is 14.1. The first-order chi connectivity index (χ1) is 23.1. The number of nitrogens with zero attached hydrogens (tertiary/aromatic N) is 2. The van der Waals surface area contributed by atoms with Crippen molar-refractivity contribution < 1.29 is 33.3 Å². The SMILES string of the molecule is CCOC(=O)C1=C(C)N=c2s/c(=C\c3ccc(OCc4ccc(Cl)c(Cl)c4)cc3)c(=O)n2[C@@H]1c1ccc(OCC(=O)OC)c(OCC)c1. The number of hydrogen-bond donors (Lipinski definition) is 0. The van der Waals surface area contributed by atoms with Crippen LogP contribution in [0.4, 0.5) is 0 Å². The van der Waals surface area contributed by atoms with E-state index in [1.54, 1.807) is 50.3 Å². The van der Waals surface area contributed by atoms with Crippen LogP contribution in [-0.2, 0) is 25.7 Å². The Morgan fingerprint density at radius 1 is 0.938 bits per heavy atom. The highest BCUT2D eigenvalue weighted by molar-refractivity contribution is 7.07. The summed E-state index contributed by atoms with van der Waals surface area (Å²) in [5, 5.41) is 0.932. The van der Waals surface area contributed by atoms with Gasteiger partial charge in [-0.05, 0) is 79.9 Å². The lowest BCUT2D eigenvalue weighted by Gasteiger charge is -2.25. The van der Waals surface area contributed by atoms with E-state index in [9.17, 15) is 14.4 Å². The maximum atomic E-state index is 14.1. The maximum Gasteiger partial charge on any atom is 0.343 e. The first-order valence-corrected chi connectivity index (χ1v) is 16.5. The van der Waals surface area contributed by atoms with Crippen LogP contribution in [-0.4, -0.2) is 43.4 Å². The summed E-state index contributed by atoms with van der Waals surface area (Å²) in [6.07, 6.45) is 1.77. The quantitative estimate of drug-likeness (QED) is 0.174. The lowest BCUT2D eigenvalue weighted by atomic mass is 9.95. The second-order valence-corrected chi connectivity index (χ2v) is 12.2. The van der Waals surface area contributed by atoms with E-state index in [4.69, 9.17) is 42.1 Å². The fourth-order valence-corrected chi connectivity index (χ4v) is 6.36. The number of carbonyl (C=O) groups excluding carboxylic acids is 2. The third-order valence-corrected chi connectivity index (χ3v) is 8.96. The number of thiazole rings is 1. The van der Waals surface area contributed by atoms with Crippen molar-refractivity contribution in [3.63, 3.8) is 0 Å². The summed E-state index contributed by atoms with van der Waals surface area (Å²) < 4.78 is 29.3. The molecule has 0 bridgehead atoms. The van der Waals surface area contributed by atoms with Crippen LogP contribution in [0, 0.1) is 0 Å². The van der Waals surface area contributed by atoms with Crippen LogP contribution in [0.2, 0.25) is 10.0 Å². The second kappa shape index (κ2) is 15.5. The summed E-state index contributed by atoms with van der Waals surface area (Å²) in [6, 6.07) is 16.8. The van der Waals surface area contributed by atoms with Crippen LogP contribution in [0.15, 0.2) is 81.7 Å². The number of esters is 2. The van der Waals surface area contributed by atoms with Gasteiger partial charge in [-0.15, -0.1) is 0 Å². The third-order valence-electron chi connectivity index (χ3n) is 7.24. The first kappa shape index (κ1) is 34.7. The van der Waals surface area contributed by atoms with Crippen molar-refractivity contribution in [3.8, 4) is 17.2 Å². The molecule has 10 nitrogen and oxygen atoms in total. The van der Waals surface area contributed by atoms with Gasteiger partial charge in [0.2, 0.25) is 0 Å². The zero-order valence-electron chi connectivity index (χ0n) is 26.6. The van der Waals surface area contributed by atoms with Gasteiger partial charge in [0.15, 0.2) is 22.9 Å². The van der Waals surface area contributed by atoms with E-state index < -0.39 is 18.0 Å². The van der Waals surface area contributed by atoms with Gasteiger partial charge >= 0.3 is 11.9 Å². The van der Waals surface area contributed by atoms with Gasteiger partial charge in [0.05, 0.1) is 52.2 Å². The van der Waals surface area contributed by atoms with E-state index >= 15 is 0 Å². The summed E-state index contributed by atoms with van der Waals surface area (Å²) in [4.78, 5) is 44.1. The number of ether oxygens (including phenoxy) is 5. The van der Waals surface area contributed by atoms with Crippen molar-refractivity contribution in [2.24, 2.45) is 4.99 Å². The van der Waals surface area contributed by atoms with Crippen LogP contribution in [0.1, 0.15) is 43.5 Å². The fraction of sp³-hybridized carbons (Fsp3) is 0.257. The third kappa shape index (κ3) is 7.75. The molecule has 1 aliphatic heterocycles. The Morgan fingerprint density at radius 3 is 2.40 bits per heavy atom. The Bertz CT molecular complexity index is 2050. The molecule has 0 amide bonds. The number of carbonyl (C=O) groups is 2. The zero-order chi connectivity index (χ0) is 34.4. The van der Waals surface area contributed by atoms with Gasteiger partial charge in [-0.3, -0.25) is 9.36 Å². The highest BCUT2D eigenvalue weighted by atomic mass is 35.5. The zero-order valence-corrected chi connectivity index (χ0v) is 28.9. The number of allylic oxidation sites excluding steroid dienone is 1. The van der Waals surface area contributed by atoms with E-state index in [1.165, 1.54) is 23.0 Å². The summed E-state index contributed by atoms with van der Waals surface area (Å²) in [6.45, 7) is 5.67. The minimum absolute atomic E-state index is 0.143. The Labute approximate surface area is 290 Å². The molecule has 3 aromatic carbocycles. The van der Waals surface area contributed by atoms with Crippen molar-refractivity contribution in [2.45, 2.75) is 33.4 Å². The van der Waals surface area contributed by atoms with Gasteiger partial charge < -0.3 is 23.7 Å². The van der Waals surface area contributed by atoms with Gasteiger partial charge in [0.25, 0.3) is 5.56 Å². The van der Waals surface area contributed by atoms with Crippen LogP contribution >= 0.6 is 34.5 Å². The first-order valence-electron chi connectivity index (χ1n) is 15.0. The molecular formula is C35H32Cl2N2O8S. The molecule has 0 radical (unpaired) electrons. The van der Waals surface area contributed by atoms with Crippen LogP contribution in [0.5, 0.6) is 17.2 Å². The van der Waals surface area contributed by atoms with Crippen molar-refractivity contribution >= 4 is 52.6 Å². The number of fused-ring (bicyclic) bond motifs is 1. The minimum Gasteiger partial charge on any atom is -0.490 e. The Morgan fingerprint density at radius 2 is 1.71 bits per heavy atom. The number of rotatable bonds is 12. The van der Waals surface area contributed by atoms with Crippen molar-refractivity contribution in [1.29, 1.82) is 0 Å². The Balaban J connectivity index is 1.50. The lowest BCUT2D eigenvalue weighted by molar-refractivity contribution is -0.143. The minimum atomic E-state index is -0.867. The molecule has 0 N–H and O–H groups in total. The predicted molar refractivity (Wildman–Crippen MR) is 183 cm³/mol. The van der Waals surface area contributed by atoms with Crippen LogP contribution < -0.4 is 29.1 Å². The average Bonchev–Trinajstić information content (AvgIpc) is 3.38. The molecule has 4 aromatic rings. The summed E-state index contributed by atoms with van der Waals surface area (Å²) >= 11 is 13.3. The average molecular weight is 712 g/mol. The van der Waals surface area contributed by atoms with E-state index in [-0.39, 0.29) is 24.3 Å². The predicted octanol–water partition coefficient (Wildman–Crippen LogP) is 5.63. The fourth-order valence-electron chi connectivity index (χ4n) is 4.99. The van der Waals surface area contributed by atoms with Gasteiger partial charge in [0.1, 0.15) is 12.4 Å². The molecule has 0 fully saturated rings. The molecule has 0 saturated carbocycles. The van der Waals surface area contributed by atoms with E-state index in [2.05, 4.69) is 9.73 Å². The molecule has 250 valence electrons. The van der Waals surface area contributed by atoms with Crippen molar-refractivity contribution in [1.82, 2.24) is 4.57 Å². The Hall–Kier alpha value is -4.58. The van der Waals surface area contributed by atoms with E-state index in [0.717, 1.165) is 11.1 Å². The van der Waals surface area contributed by atoms with Gasteiger partial charge in [-0.25, -0.2) is 14.6 Å². The molecular weight excluding hydrogens is 679 g/mol. The molecule has 0 spiro atoms. The molecule has 1 aliphatic rings. The normalized spacial score (nSPS) is 14.2.